The third-order valence-corrected chi connectivity index (χ3v) is 7.14. The van der Waals surface area contributed by atoms with E-state index >= 15 is 0 Å². The largest absolute Gasteiger partial charge is 0.447 e. The van der Waals surface area contributed by atoms with E-state index < -0.39 is 33.8 Å². The number of allylic oxidation sites excluding steroid dienone is 1. The van der Waals surface area contributed by atoms with Crippen LogP contribution in [0.15, 0.2) is 28.6 Å². The first-order valence-corrected chi connectivity index (χ1v) is 12.5. The van der Waals surface area contributed by atoms with Gasteiger partial charge in [-0.1, -0.05) is 19.9 Å². The molecule has 2 aliphatic rings. The Balaban J connectivity index is 1.68. The normalized spacial score (nSPS) is 22.6. The zero-order valence-electron chi connectivity index (χ0n) is 18.8. The molecule has 11 heteroatoms. The van der Waals surface area contributed by atoms with Crippen molar-refractivity contribution in [2.45, 2.75) is 33.3 Å². The lowest BCUT2D eigenvalue weighted by Crippen LogP contribution is -2.33. The Bertz CT molecular complexity index is 1090. The van der Waals surface area contributed by atoms with Gasteiger partial charge in [0.2, 0.25) is 5.91 Å². The van der Waals surface area contributed by atoms with Gasteiger partial charge < -0.3 is 14.8 Å². The van der Waals surface area contributed by atoms with Crippen LogP contribution < -0.4 is 10.2 Å². The highest BCUT2D eigenvalue weighted by atomic mass is 32.2. The Kier molecular flexibility index (Phi) is 7.72. The molecule has 180 valence electrons. The maximum absolute atomic E-state index is 14.9. The number of carbonyl (C=O) groups is 3. The van der Waals surface area contributed by atoms with E-state index in [4.69, 9.17) is 9.47 Å². The number of cyclic esters (lactones) is 1. The molecule has 1 fully saturated rings. The van der Waals surface area contributed by atoms with Gasteiger partial charge in [-0.3, -0.25) is 9.69 Å². The molecule has 0 saturated carbocycles. The third kappa shape index (κ3) is 6.53. The highest BCUT2D eigenvalue weighted by Gasteiger charge is 2.33. The van der Waals surface area contributed by atoms with Crippen LogP contribution in [0.3, 0.4) is 0 Å². The number of nitrogens with one attached hydrogen (secondary N) is 1. The van der Waals surface area contributed by atoms with Gasteiger partial charge in [0.15, 0.2) is 0 Å². The van der Waals surface area contributed by atoms with Crippen molar-refractivity contribution in [1.82, 2.24) is 5.32 Å². The summed E-state index contributed by atoms with van der Waals surface area (Å²) in [6, 6.07) is 4.42. The van der Waals surface area contributed by atoms with Gasteiger partial charge >= 0.3 is 12.2 Å². The topological polar surface area (TPSA) is 114 Å². The van der Waals surface area contributed by atoms with Gasteiger partial charge in [-0.15, -0.1) is 4.36 Å². The average Bonchev–Trinajstić information content (AvgIpc) is 3.12. The molecule has 33 heavy (non-hydrogen) atoms. The maximum Gasteiger partial charge on any atom is 0.441 e. The predicted octanol–water partition coefficient (Wildman–Crippen LogP) is 3.33. The zero-order chi connectivity index (χ0) is 24.2. The number of ether oxygens (including phenoxy) is 2. The molecular formula is C22H28FN3O6S. The van der Waals surface area contributed by atoms with E-state index in [-0.39, 0.29) is 43.0 Å². The maximum atomic E-state index is 14.9. The number of rotatable bonds is 6. The van der Waals surface area contributed by atoms with Crippen LogP contribution in [-0.4, -0.2) is 59.6 Å². The first-order chi connectivity index (χ1) is 15.6. The Morgan fingerprint density at radius 2 is 2.15 bits per heavy atom. The molecule has 2 heterocycles. The molecule has 3 rings (SSSR count). The van der Waals surface area contributed by atoms with Gasteiger partial charge in [-0.2, -0.15) is 0 Å². The van der Waals surface area contributed by atoms with Gasteiger partial charge in [-0.25, -0.2) is 18.2 Å². The minimum atomic E-state index is -2.79. The number of nitrogens with zero attached hydrogens (tertiary/aromatic N) is 2. The number of halogens is 1. The molecule has 1 aromatic carbocycles. The van der Waals surface area contributed by atoms with E-state index in [2.05, 4.69) is 9.68 Å². The van der Waals surface area contributed by atoms with Crippen molar-refractivity contribution in [3.05, 3.63) is 35.7 Å². The van der Waals surface area contributed by atoms with E-state index in [0.29, 0.717) is 23.2 Å². The summed E-state index contributed by atoms with van der Waals surface area (Å²) in [6.45, 7) is 5.72. The van der Waals surface area contributed by atoms with E-state index in [1.54, 1.807) is 18.2 Å². The molecule has 0 radical (unpaired) electrons. The van der Waals surface area contributed by atoms with Crippen molar-refractivity contribution in [3.8, 4) is 0 Å². The fourth-order valence-electron chi connectivity index (χ4n) is 3.44. The molecular weight excluding hydrogens is 453 g/mol. The van der Waals surface area contributed by atoms with Crippen LogP contribution in [0.5, 0.6) is 0 Å². The quantitative estimate of drug-likeness (QED) is 0.667. The minimum Gasteiger partial charge on any atom is -0.447 e. The number of hydrogen-bond acceptors (Lipinski definition) is 6. The number of anilines is 1. The summed E-state index contributed by atoms with van der Waals surface area (Å²) in [5, 5.41) is 2.59. The predicted molar refractivity (Wildman–Crippen MR) is 122 cm³/mol. The van der Waals surface area contributed by atoms with Crippen molar-refractivity contribution in [2.75, 3.05) is 36.1 Å². The fourth-order valence-corrected chi connectivity index (χ4v) is 5.10. The van der Waals surface area contributed by atoms with E-state index in [0.717, 1.165) is 0 Å². The lowest BCUT2D eigenvalue weighted by Gasteiger charge is -2.19. The van der Waals surface area contributed by atoms with Crippen LogP contribution in [0, 0.1) is 11.7 Å². The molecule has 1 aromatic rings. The first kappa shape index (κ1) is 24.7. The van der Waals surface area contributed by atoms with Gasteiger partial charge in [0.05, 0.1) is 40.9 Å². The van der Waals surface area contributed by atoms with Crippen LogP contribution in [-0.2, 0) is 24.0 Å². The first-order valence-electron chi connectivity index (χ1n) is 10.7. The SMILES string of the molecule is CC(=O)NC[C@@H]1CN(c2ccc(C3=CCS(=O)(=NC(=O)OCC(C)C)CC3)c(F)c2)C(=O)O1. The molecule has 1 saturated heterocycles. The number of benzene rings is 1. The second-order valence-corrected chi connectivity index (χ2v) is 10.9. The van der Waals surface area contributed by atoms with Crippen molar-refractivity contribution < 1.29 is 32.5 Å². The van der Waals surface area contributed by atoms with E-state index in [9.17, 15) is 23.0 Å². The van der Waals surface area contributed by atoms with Gasteiger partial charge in [-0.05, 0) is 36.1 Å². The van der Waals surface area contributed by atoms with Gasteiger partial charge in [0.1, 0.15) is 11.9 Å². The van der Waals surface area contributed by atoms with Crippen LogP contribution in [0.4, 0.5) is 19.7 Å². The molecule has 3 amide bonds. The molecule has 1 unspecified atom stereocenters. The van der Waals surface area contributed by atoms with Crippen molar-refractivity contribution in [2.24, 2.45) is 10.3 Å². The minimum absolute atomic E-state index is 0.0313. The van der Waals surface area contributed by atoms with Gasteiger partial charge in [0.25, 0.3) is 0 Å². The third-order valence-electron chi connectivity index (χ3n) is 5.12. The fraction of sp³-hybridized carbons (Fsp3) is 0.500. The Labute approximate surface area is 192 Å². The second-order valence-electron chi connectivity index (χ2n) is 8.40. The molecule has 0 bridgehead atoms. The summed E-state index contributed by atoms with van der Waals surface area (Å²) in [5.41, 5.74) is 1.34. The van der Waals surface area contributed by atoms with Crippen LogP contribution in [0.1, 0.15) is 32.8 Å². The monoisotopic (exact) mass is 481 g/mol. The molecule has 2 atom stereocenters. The number of amides is 3. The zero-order valence-corrected chi connectivity index (χ0v) is 19.7. The molecule has 0 aliphatic carbocycles. The standard InChI is InChI=1S/C22H28FN3O6S/c1-14(2)13-31-21(28)25-33(30)8-6-16(7-9-33)19-5-4-17(10-20(19)23)26-12-18(32-22(26)29)11-24-15(3)27/h4-6,10,14,18H,7-9,11-13H2,1-3H3,(H,24,27)/t18-,33?/m1/s1. The summed E-state index contributed by atoms with van der Waals surface area (Å²) in [7, 11) is -2.79. The Morgan fingerprint density at radius 3 is 2.76 bits per heavy atom. The summed E-state index contributed by atoms with van der Waals surface area (Å²) >= 11 is 0. The van der Waals surface area contributed by atoms with Crippen LogP contribution in [0.25, 0.3) is 5.57 Å². The molecule has 1 N–H and O–H groups in total. The van der Waals surface area contributed by atoms with E-state index in [1.165, 1.54) is 17.9 Å². The summed E-state index contributed by atoms with van der Waals surface area (Å²) in [5.74, 6) is -0.455. The number of hydrogen-bond donors (Lipinski definition) is 1. The second kappa shape index (κ2) is 10.3. The Morgan fingerprint density at radius 1 is 1.39 bits per heavy atom. The Hall–Kier alpha value is -2.95. The highest BCUT2D eigenvalue weighted by molar-refractivity contribution is 7.94. The van der Waals surface area contributed by atoms with Gasteiger partial charge in [0, 0.05) is 18.2 Å². The van der Waals surface area contributed by atoms with E-state index in [1.807, 2.05) is 13.8 Å². The summed E-state index contributed by atoms with van der Waals surface area (Å²) in [6.07, 6.45) is -0.0399. The molecule has 0 aromatic heterocycles. The number of carbonyl (C=O) groups excluding carboxylic acids is 3. The highest BCUT2D eigenvalue weighted by Crippen LogP contribution is 2.30. The molecule has 2 aliphatic heterocycles. The lowest BCUT2D eigenvalue weighted by atomic mass is 10.0. The van der Waals surface area contributed by atoms with Crippen molar-refractivity contribution >= 4 is 39.1 Å². The molecule has 9 nitrogen and oxygen atoms in total. The van der Waals surface area contributed by atoms with Crippen molar-refractivity contribution in [1.29, 1.82) is 0 Å². The summed E-state index contributed by atoms with van der Waals surface area (Å²) < 4.78 is 41.7. The smallest absolute Gasteiger partial charge is 0.441 e. The average molecular weight is 482 g/mol. The molecule has 0 spiro atoms. The van der Waals surface area contributed by atoms with Crippen molar-refractivity contribution in [3.63, 3.8) is 0 Å². The van der Waals surface area contributed by atoms with Crippen LogP contribution >= 0.6 is 0 Å². The lowest BCUT2D eigenvalue weighted by molar-refractivity contribution is -0.119. The van der Waals surface area contributed by atoms with Crippen LogP contribution in [0.2, 0.25) is 0 Å². The summed E-state index contributed by atoms with van der Waals surface area (Å²) in [4.78, 5) is 36.3.